The van der Waals surface area contributed by atoms with Gasteiger partial charge in [-0.05, 0) is 56.3 Å². The molecule has 0 aliphatic carbocycles. The molecular weight excluding hydrogens is 256 g/mol. The van der Waals surface area contributed by atoms with Gasteiger partial charge in [-0.15, -0.1) is 0 Å². The van der Waals surface area contributed by atoms with Crippen LogP contribution in [0.1, 0.15) is 57.7 Å². The summed E-state index contributed by atoms with van der Waals surface area (Å²) in [6, 6.07) is 10.3. The lowest BCUT2D eigenvalue weighted by molar-refractivity contribution is 0.102. The average molecular weight is 288 g/mol. The minimum absolute atomic E-state index is 0.452. The van der Waals surface area contributed by atoms with Crippen LogP contribution in [0.3, 0.4) is 0 Å². The lowest BCUT2D eigenvalue weighted by Gasteiger charge is -2.40. The molecular formula is C19H32N2. The Hall–Kier alpha value is -0.860. The van der Waals surface area contributed by atoms with Crippen LogP contribution in [0.4, 0.5) is 0 Å². The van der Waals surface area contributed by atoms with Crippen LogP contribution in [0.2, 0.25) is 0 Å². The van der Waals surface area contributed by atoms with E-state index in [4.69, 9.17) is 0 Å². The maximum Gasteiger partial charge on any atom is 0.0449 e. The van der Waals surface area contributed by atoms with Gasteiger partial charge in [0, 0.05) is 18.6 Å². The summed E-state index contributed by atoms with van der Waals surface area (Å²) >= 11 is 0. The Morgan fingerprint density at radius 2 is 1.90 bits per heavy atom. The van der Waals surface area contributed by atoms with Crippen LogP contribution >= 0.6 is 0 Å². The Morgan fingerprint density at radius 3 is 2.52 bits per heavy atom. The third kappa shape index (κ3) is 4.31. The molecule has 0 spiro atoms. The van der Waals surface area contributed by atoms with Crippen molar-refractivity contribution in [1.82, 2.24) is 10.2 Å². The van der Waals surface area contributed by atoms with Gasteiger partial charge in [0.1, 0.15) is 0 Å². The molecule has 0 aromatic heterocycles. The molecule has 1 aliphatic heterocycles. The summed E-state index contributed by atoms with van der Waals surface area (Å²) in [6.45, 7) is 12.6. The summed E-state index contributed by atoms with van der Waals surface area (Å²) in [7, 11) is 0. The fraction of sp³-hybridized carbons (Fsp3) is 0.684. The second kappa shape index (κ2) is 7.95. The fourth-order valence-electron chi connectivity index (χ4n) is 3.43. The highest BCUT2D eigenvalue weighted by Crippen LogP contribution is 2.25. The van der Waals surface area contributed by atoms with Crippen molar-refractivity contribution in [1.29, 1.82) is 0 Å². The van der Waals surface area contributed by atoms with Crippen molar-refractivity contribution in [2.75, 3.05) is 19.6 Å². The number of nitrogens with one attached hydrogen (secondary N) is 1. The topological polar surface area (TPSA) is 15.3 Å². The molecule has 118 valence electrons. The molecule has 3 atom stereocenters. The first-order valence-electron chi connectivity index (χ1n) is 8.72. The first kappa shape index (κ1) is 16.5. The smallest absolute Gasteiger partial charge is 0.0449 e. The summed E-state index contributed by atoms with van der Waals surface area (Å²) in [5.74, 6) is 0.823. The molecule has 1 heterocycles. The van der Waals surface area contributed by atoms with Gasteiger partial charge in [0.25, 0.3) is 0 Å². The van der Waals surface area contributed by atoms with Gasteiger partial charge in [0.05, 0.1) is 0 Å². The second-order valence-corrected chi connectivity index (χ2v) is 6.56. The molecule has 1 saturated heterocycles. The van der Waals surface area contributed by atoms with Gasteiger partial charge in [-0.25, -0.2) is 0 Å². The van der Waals surface area contributed by atoms with Crippen molar-refractivity contribution in [3.63, 3.8) is 0 Å². The molecule has 1 fully saturated rings. The second-order valence-electron chi connectivity index (χ2n) is 6.56. The maximum atomic E-state index is 3.68. The zero-order valence-electron chi connectivity index (χ0n) is 14.2. The van der Waals surface area contributed by atoms with Crippen molar-refractivity contribution in [2.45, 2.75) is 59.0 Å². The molecule has 21 heavy (non-hydrogen) atoms. The highest BCUT2D eigenvalue weighted by molar-refractivity contribution is 5.25. The Kier molecular flexibility index (Phi) is 6.25. The number of hydrogen-bond donors (Lipinski definition) is 1. The Morgan fingerprint density at radius 1 is 1.19 bits per heavy atom. The molecule has 1 N–H and O–H groups in total. The summed E-state index contributed by atoms with van der Waals surface area (Å²) < 4.78 is 0. The summed E-state index contributed by atoms with van der Waals surface area (Å²) in [4.78, 5) is 2.68. The monoisotopic (exact) mass is 288 g/mol. The number of rotatable bonds is 6. The van der Waals surface area contributed by atoms with Crippen molar-refractivity contribution in [3.8, 4) is 0 Å². The van der Waals surface area contributed by atoms with Gasteiger partial charge in [0.15, 0.2) is 0 Å². The summed E-state index contributed by atoms with van der Waals surface area (Å²) in [5.41, 5.74) is 2.86. The molecule has 1 aliphatic rings. The van der Waals surface area contributed by atoms with E-state index < -0.39 is 0 Å². The van der Waals surface area contributed by atoms with Gasteiger partial charge in [0.2, 0.25) is 0 Å². The van der Waals surface area contributed by atoms with E-state index in [9.17, 15) is 0 Å². The zero-order chi connectivity index (χ0) is 15.2. The normalized spacial score (nSPS) is 25.0. The van der Waals surface area contributed by atoms with E-state index in [1.165, 1.54) is 30.5 Å². The number of hydrogen-bond acceptors (Lipinski definition) is 2. The molecule has 0 bridgehead atoms. The Labute approximate surface area is 130 Å². The molecule has 1 aromatic rings. The number of benzene rings is 1. The molecule has 0 amide bonds. The van der Waals surface area contributed by atoms with Gasteiger partial charge in [-0.3, -0.25) is 4.90 Å². The standard InChI is InChI=1S/C19H32N2/c1-5-17-9-11-18(12-10-17)19(20-6-2)14-21-13-7-8-15(3)16(21)4/h9-12,15-16,19-20H,5-8,13-14H2,1-4H3. The van der Waals surface area contributed by atoms with Crippen LogP contribution in [0, 0.1) is 5.92 Å². The van der Waals surface area contributed by atoms with E-state index in [1.54, 1.807) is 0 Å². The number of aryl methyl sites for hydroxylation is 1. The Bertz CT molecular complexity index is 412. The average Bonchev–Trinajstić information content (AvgIpc) is 2.51. The van der Waals surface area contributed by atoms with Crippen LogP contribution in [0.5, 0.6) is 0 Å². The fourth-order valence-corrected chi connectivity index (χ4v) is 3.43. The third-order valence-electron chi connectivity index (χ3n) is 5.16. The van der Waals surface area contributed by atoms with Crippen molar-refractivity contribution < 1.29 is 0 Å². The van der Waals surface area contributed by atoms with E-state index in [-0.39, 0.29) is 0 Å². The minimum Gasteiger partial charge on any atom is -0.309 e. The van der Waals surface area contributed by atoms with E-state index in [2.05, 4.69) is 62.2 Å². The first-order chi connectivity index (χ1) is 10.2. The van der Waals surface area contributed by atoms with Gasteiger partial charge >= 0.3 is 0 Å². The van der Waals surface area contributed by atoms with Crippen LogP contribution < -0.4 is 5.32 Å². The number of likely N-dealkylation sites (tertiary alicyclic amines) is 1. The zero-order valence-corrected chi connectivity index (χ0v) is 14.2. The molecule has 1 aromatic carbocycles. The van der Waals surface area contributed by atoms with Crippen molar-refractivity contribution in [3.05, 3.63) is 35.4 Å². The Balaban J connectivity index is 2.07. The maximum absolute atomic E-state index is 3.68. The minimum atomic E-state index is 0.452. The lowest BCUT2D eigenvalue weighted by Crippen LogP contribution is -2.46. The third-order valence-corrected chi connectivity index (χ3v) is 5.16. The van der Waals surface area contributed by atoms with E-state index in [1.807, 2.05) is 0 Å². The first-order valence-corrected chi connectivity index (χ1v) is 8.72. The number of nitrogens with zero attached hydrogens (tertiary/aromatic N) is 1. The largest absolute Gasteiger partial charge is 0.309 e. The van der Waals surface area contributed by atoms with E-state index in [0.29, 0.717) is 12.1 Å². The molecule has 2 rings (SSSR count). The number of likely N-dealkylation sites (N-methyl/N-ethyl adjacent to an activating group) is 1. The predicted molar refractivity (Wildman–Crippen MR) is 91.7 cm³/mol. The van der Waals surface area contributed by atoms with Crippen molar-refractivity contribution >= 4 is 0 Å². The van der Waals surface area contributed by atoms with Crippen molar-refractivity contribution in [2.24, 2.45) is 5.92 Å². The molecule has 0 saturated carbocycles. The highest BCUT2D eigenvalue weighted by Gasteiger charge is 2.26. The summed E-state index contributed by atoms with van der Waals surface area (Å²) in [6.07, 6.45) is 3.85. The molecule has 3 unspecified atom stereocenters. The van der Waals surface area contributed by atoms with Crippen LogP contribution in [-0.2, 0) is 6.42 Å². The predicted octanol–water partition coefficient (Wildman–Crippen LogP) is 4.02. The van der Waals surface area contributed by atoms with Gasteiger partial charge in [-0.1, -0.05) is 45.0 Å². The highest BCUT2D eigenvalue weighted by atomic mass is 15.2. The quantitative estimate of drug-likeness (QED) is 0.850. The molecule has 2 nitrogen and oxygen atoms in total. The lowest BCUT2D eigenvalue weighted by atomic mass is 9.91. The van der Waals surface area contributed by atoms with E-state index in [0.717, 1.165) is 25.4 Å². The van der Waals surface area contributed by atoms with E-state index >= 15 is 0 Å². The summed E-state index contributed by atoms with van der Waals surface area (Å²) in [5, 5.41) is 3.68. The SMILES string of the molecule is CCNC(CN1CCCC(C)C1C)c1ccc(CC)cc1. The van der Waals surface area contributed by atoms with Crippen LogP contribution in [0.25, 0.3) is 0 Å². The molecule has 2 heteroatoms. The van der Waals surface area contributed by atoms with Gasteiger partial charge < -0.3 is 5.32 Å². The van der Waals surface area contributed by atoms with Crippen LogP contribution in [0.15, 0.2) is 24.3 Å². The van der Waals surface area contributed by atoms with Gasteiger partial charge in [-0.2, -0.15) is 0 Å². The van der Waals surface area contributed by atoms with Crippen LogP contribution in [-0.4, -0.2) is 30.6 Å². The molecule has 0 radical (unpaired) electrons. The number of piperidine rings is 1.